The highest BCUT2D eigenvalue weighted by Crippen LogP contribution is 2.32. The van der Waals surface area contributed by atoms with E-state index < -0.39 is 0 Å². The summed E-state index contributed by atoms with van der Waals surface area (Å²) in [6.45, 7) is 6.90. The van der Waals surface area contributed by atoms with Gasteiger partial charge in [0.1, 0.15) is 11.6 Å². The number of hydrogen-bond acceptors (Lipinski definition) is 6. The number of nitrogen functional groups attached to an aromatic ring is 1. The van der Waals surface area contributed by atoms with E-state index in [9.17, 15) is 4.39 Å². The number of thioether (sulfide) groups is 1. The first-order valence-electron chi connectivity index (χ1n) is 8.31. The molecule has 0 fully saturated rings. The third-order valence-corrected chi connectivity index (χ3v) is 4.82. The van der Waals surface area contributed by atoms with Crippen LogP contribution in [0, 0.1) is 5.82 Å². The highest BCUT2D eigenvalue weighted by atomic mass is 32.2. The van der Waals surface area contributed by atoms with Crippen LogP contribution in [0.4, 0.5) is 21.8 Å². The van der Waals surface area contributed by atoms with Gasteiger partial charge >= 0.3 is 0 Å². The number of hydrogen-bond donors (Lipinski definition) is 3. The number of halogens is 1. The number of rotatable bonds is 4. The predicted molar refractivity (Wildman–Crippen MR) is 106 cm³/mol. The van der Waals surface area contributed by atoms with Gasteiger partial charge in [0.25, 0.3) is 0 Å². The number of benzene rings is 1. The van der Waals surface area contributed by atoms with E-state index in [1.807, 2.05) is 51.3 Å². The van der Waals surface area contributed by atoms with E-state index >= 15 is 0 Å². The minimum atomic E-state index is -0.286. The molecule has 3 rings (SSSR count). The normalized spacial score (nSPS) is 13.9. The molecule has 7 heteroatoms. The minimum Gasteiger partial charge on any atom is -0.387 e. The van der Waals surface area contributed by atoms with Gasteiger partial charge in [0.15, 0.2) is 0 Å². The van der Waals surface area contributed by atoms with Crippen molar-refractivity contribution in [3.05, 3.63) is 59.0 Å². The molecule has 0 saturated carbocycles. The Hall–Kier alpha value is -2.54. The smallest absolute Gasteiger partial charge is 0.222 e. The van der Waals surface area contributed by atoms with E-state index in [2.05, 4.69) is 20.6 Å². The molecule has 0 atom stereocenters. The van der Waals surface area contributed by atoms with Crippen molar-refractivity contribution in [1.29, 1.82) is 0 Å². The molecular formula is C19H22FN5S. The molecule has 2 aromatic rings. The van der Waals surface area contributed by atoms with Crippen molar-refractivity contribution in [2.24, 2.45) is 0 Å². The fraction of sp³-hybridized carbons (Fsp3) is 0.263. The highest BCUT2D eigenvalue weighted by molar-refractivity contribution is 8.03. The summed E-state index contributed by atoms with van der Waals surface area (Å²) in [5.74, 6) is 0.453. The van der Waals surface area contributed by atoms with Crippen LogP contribution >= 0.6 is 11.8 Å². The molecule has 1 aliphatic heterocycles. The van der Waals surface area contributed by atoms with E-state index in [1.54, 1.807) is 6.07 Å². The second kappa shape index (κ2) is 7.37. The van der Waals surface area contributed by atoms with Crippen LogP contribution in [-0.4, -0.2) is 16.5 Å². The summed E-state index contributed by atoms with van der Waals surface area (Å²) < 4.78 is 14.5. The lowest BCUT2D eigenvalue weighted by Crippen LogP contribution is -2.16. The van der Waals surface area contributed by atoms with Gasteiger partial charge in [-0.15, -0.1) is 0 Å². The molecule has 1 aromatic heterocycles. The van der Waals surface area contributed by atoms with Crippen molar-refractivity contribution >= 4 is 29.2 Å². The Morgan fingerprint density at radius 1 is 1.23 bits per heavy atom. The molecule has 0 amide bonds. The SMILES string of the molecule is CC(C)(C)c1cc(Nc2ccc(SC3=CCNC=C3)c(F)c2)nc(N)n1. The number of nitrogens with one attached hydrogen (secondary N) is 2. The molecule has 0 aliphatic carbocycles. The summed E-state index contributed by atoms with van der Waals surface area (Å²) in [4.78, 5) is 10.1. The quantitative estimate of drug-likeness (QED) is 0.743. The number of nitrogens with two attached hydrogens (primary N) is 1. The summed E-state index contributed by atoms with van der Waals surface area (Å²) in [7, 11) is 0. The summed E-state index contributed by atoms with van der Waals surface area (Å²) in [6.07, 6.45) is 5.81. The lowest BCUT2D eigenvalue weighted by molar-refractivity contribution is 0.568. The van der Waals surface area contributed by atoms with Crippen LogP contribution in [0.15, 0.2) is 52.4 Å². The Kier molecular flexibility index (Phi) is 5.18. The van der Waals surface area contributed by atoms with Gasteiger partial charge < -0.3 is 16.4 Å². The largest absolute Gasteiger partial charge is 0.387 e. The first-order valence-corrected chi connectivity index (χ1v) is 9.12. The maximum atomic E-state index is 14.5. The van der Waals surface area contributed by atoms with Crippen LogP contribution in [0.2, 0.25) is 0 Å². The van der Waals surface area contributed by atoms with Crippen molar-refractivity contribution < 1.29 is 4.39 Å². The van der Waals surface area contributed by atoms with Crippen molar-refractivity contribution in [3.63, 3.8) is 0 Å². The van der Waals surface area contributed by atoms with Crippen LogP contribution in [0.3, 0.4) is 0 Å². The zero-order chi connectivity index (χ0) is 18.7. The Morgan fingerprint density at radius 2 is 2.04 bits per heavy atom. The summed E-state index contributed by atoms with van der Waals surface area (Å²) in [5, 5.41) is 6.18. The molecule has 0 radical (unpaired) electrons. The van der Waals surface area contributed by atoms with Gasteiger partial charge in [-0.05, 0) is 30.5 Å². The van der Waals surface area contributed by atoms with E-state index in [-0.39, 0.29) is 17.2 Å². The predicted octanol–water partition coefficient (Wildman–Crippen LogP) is 4.33. The monoisotopic (exact) mass is 371 g/mol. The summed E-state index contributed by atoms with van der Waals surface area (Å²) >= 11 is 1.40. The number of dihydropyridines is 1. The van der Waals surface area contributed by atoms with Gasteiger partial charge in [-0.3, -0.25) is 0 Å². The van der Waals surface area contributed by atoms with Gasteiger partial charge in [0.2, 0.25) is 5.95 Å². The van der Waals surface area contributed by atoms with Gasteiger partial charge in [0.05, 0.1) is 5.69 Å². The van der Waals surface area contributed by atoms with Gasteiger partial charge in [-0.1, -0.05) is 38.6 Å². The first kappa shape index (κ1) is 18.3. The van der Waals surface area contributed by atoms with Crippen LogP contribution < -0.4 is 16.4 Å². The summed E-state index contributed by atoms with van der Waals surface area (Å²) in [6, 6.07) is 6.88. The molecule has 26 heavy (non-hydrogen) atoms. The standard InChI is InChI=1S/C19H22FN5S/c1-19(2,3)16-11-17(25-18(21)24-16)23-12-4-5-15(14(20)10-12)26-13-6-8-22-9-7-13/h4-8,10-11,22H,9H2,1-3H3,(H3,21,23,24,25). The first-order chi connectivity index (χ1) is 12.3. The number of aromatic nitrogens is 2. The molecule has 4 N–H and O–H groups in total. The van der Waals surface area contributed by atoms with Crippen molar-refractivity contribution in [2.75, 3.05) is 17.6 Å². The third kappa shape index (κ3) is 4.54. The van der Waals surface area contributed by atoms with E-state index in [4.69, 9.17) is 5.73 Å². The number of allylic oxidation sites excluding steroid dienone is 1. The van der Waals surface area contributed by atoms with Gasteiger partial charge in [-0.25, -0.2) is 9.37 Å². The van der Waals surface area contributed by atoms with Crippen LogP contribution in [0.25, 0.3) is 0 Å². The maximum absolute atomic E-state index is 14.5. The Morgan fingerprint density at radius 3 is 2.69 bits per heavy atom. The van der Waals surface area contributed by atoms with Crippen molar-refractivity contribution in [1.82, 2.24) is 15.3 Å². The molecule has 0 saturated heterocycles. The van der Waals surface area contributed by atoms with Crippen LogP contribution in [-0.2, 0) is 5.41 Å². The zero-order valence-electron chi connectivity index (χ0n) is 15.0. The Bertz CT molecular complexity index is 871. The fourth-order valence-electron chi connectivity index (χ4n) is 2.36. The second-order valence-corrected chi connectivity index (χ2v) is 8.08. The third-order valence-electron chi connectivity index (χ3n) is 3.73. The van der Waals surface area contributed by atoms with E-state index in [0.29, 0.717) is 16.4 Å². The molecular weight excluding hydrogens is 349 g/mol. The van der Waals surface area contributed by atoms with E-state index in [0.717, 1.165) is 17.1 Å². The topological polar surface area (TPSA) is 75.9 Å². The second-order valence-electron chi connectivity index (χ2n) is 6.97. The molecule has 0 spiro atoms. The van der Waals surface area contributed by atoms with Crippen molar-refractivity contribution in [2.45, 2.75) is 31.1 Å². The van der Waals surface area contributed by atoms with Gasteiger partial charge in [-0.2, -0.15) is 4.98 Å². The van der Waals surface area contributed by atoms with E-state index in [1.165, 1.54) is 17.8 Å². The lowest BCUT2D eigenvalue weighted by atomic mass is 9.92. The molecule has 0 unspecified atom stereocenters. The molecule has 0 bridgehead atoms. The molecule has 136 valence electrons. The average Bonchev–Trinajstić information content (AvgIpc) is 2.57. The lowest BCUT2D eigenvalue weighted by Gasteiger charge is -2.19. The fourth-order valence-corrected chi connectivity index (χ4v) is 3.21. The number of nitrogens with zero attached hydrogens (tertiary/aromatic N) is 2. The van der Waals surface area contributed by atoms with Crippen molar-refractivity contribution in [3.8, 4) is 0 Å². The highest BCUT2D eigenvalue weighted by Gasteiger charge is 2.17. The average molecular weight is 371 g/mol. The van der Waals surface area contributed by atoms with Gasteiger partial charge in [0, 0.05) is 33.5 Å². The maximum Gasteiger partial charge on any atom is 0.222 e. The van der Waals surface area contributed by atoms with Crippen LogP contribution in [0.1, 0.15) is 26.5 Å². The molecule has 2 heterocycles. The Balaban J connectivity index is 1.79. The molecule has 5 nitrogen and oxygen atoms in total. The number of anilines is 3. The van der Waals surface area contributed by atoms with Crippen LogP contribution in [0.5, 0.6) is 0 Å². The Labute approximate surface area is 157 Å². The molecule has 1 aromatic carbocycles. The summed E-state index contributed by atoms with van der Waals surface area (Å²) in [5.41, 5.74) is 7.09. The minimum absolute atomic E-state index is 0.157. The zero-order valence-corrected chi connectivity index (χ0v) is 15.8. The molecule has 1 aliphatic rings.